The van der Waals surface area contributed by atoms with Gasteiger partial charge in [0.25, 0.3) is 0 Å². The molecule has 2 aromatic rings. The van der Waals surface area contributed by atoms with E-state index >= 15 is 0 Å². The van der Waals surface area contributed by atoms with Gasteiger partial charge in [-0.3, -0.25) is 0 Å². The summed E-state index contributed by atoms with van der Waals surface area (Å²) in [6.45, 7) is 14.6. The van der Waals surface area contributed by atoms with Gasteiger partial charge in [0.1, 0.15) is 8.07 Å². The second-order valence-corrected chi connectivity index (χ2v) is 24.3. The van der Waals surface area contributed by atoms with Crippen LogP contribution in [0.15, 0.2) is 60.2 Å². The van der Waals surface area contributed by atoms with E-state index in [2.05, 4.69) is 101 Å². The summed E-state index contributed by atoms with van der Waals surface area (Å²) in [4.78, 5) is 0. The number of hydrogen-bond donors (Lipinski definition) is 0. The number of rotatable bonds is 8. The van der Waals surface area contributed by atoms with Crippen LogP contribution in [0.25, 0.3) is 11.6 Å². The van der Waals surface area contributed by atoms with Gasteiger partial charge in [-0.05, 0) is 63.6 Å². The second kappa shape index (κ2) is 11.0. The highest BCUT2D eigenvalue weighted by molar-refractivity contribution is 6.96. The van der Waals surface area contributed by atoms with Gasteiger partial charge in [0.2, 0.25) is 0 Å². The maximum Gasteiger partial charge on any atom is 0.120 e. The second-order valence-electron chi connectivity index (χ2n) is 14.6. The van der Waals surface area contributed by atoms with E-state index in [1.54, 1.807) is 0 Å². The summed E-state index contributed by atoms with van der Waals surface area (Å²) in [5.74, 6) is 0.774. The number of fused-ring (bicyclic) bond motifs is 2. The smallest absolute Gasteiger partial charge is 0.113 e. The van der Waals surface area contributed by atoms with Gasteiger partial charge in [0.15, 0.2) is 0 Å². The maximum atomic E-state index is 8.33. The molecular formula is C35H48Cl2Si2. The molecule has 0 spiro atoms. The summed E-state index contributed by atoms with van der Waals surface area (Å²) >= 11 is 16.6. The fourth-order valence-electron chi connectivity index (χ4n) is 8.10. The molecule has 0 amide bonds. The lowest BCUT2D eigenvalue weighted by molar-refractivity contribution is 0.365. The molecule has 1 fully saturated rings. The first-order valence-corrected chi connectivity index (χ1v) is 22.0. The lowest BCUT2D eigenvalue weighted by atomic mass is 9.84. The summed E-state index contributed by atoms with van der Waals surface area (Å²) in [7, 11) is -3.35. The lowest BCUT2D eigenvalue weighted by Crippen LogP contribution is -2.63. The van der Waals surface area contributed by atoms with E-state index < -0.39 is 25.9 Å². The van der Waals surface area contributed by atoms with Crippen LogP contribution in [-0.2, 0) is 8.99 Å². The third-order valence-corrected chi connectivity index (χ3v) is 20.4. The van der Waals surface area contributed by atoms with Crippen LogP contribution in [0.3, 0.4) is 0 Å². The lowest BCUT2D eigenvalue weighted by Gasteiger charge is -2.53. The van der Waals surface area contributed by atoms with Crippen LogP contribution >= 0.6 is 23.2 Å². The predicted molar refractivity (Wildman–Crippen MR) is 179 cm³/mol. The minimum absolute atomic E-state index is 0.106. The number of hydrogen-bond acceptors (Lipinski definition) is 0. The maximum absolute atomic E-state index is 8.33. The highest BCUT2D eigenvalue weighted by Gasteiger charge is 2.66. The number of allylic oxidation sites excluding steroid dienone is 3. The third-order valence-electron chi connectivity index (χ3n) is 9.81. The molecular weight excluding hydrogens is 547 g/mol. The highest BCUT2D eigenvalue weighted by Crippen LogP contribution is 2.65. The molecule has 39 heavy (non-hydrogen) atoms. The minimum Gasteiger partial charge on any atom is -0.113 e. The normalized spacial score (nSPS) is 26.7. The van der Waals surface area contributed by atoms with Crippen LogP contribution in [0.2, 0.25) is 31.7 Å². The highest BCUT2D eigenvalue weighted by atomic mass is 35.5. The standard InChI is InChI=1S/C35H48Cl2Si2/c1-33(2,3)25-39(6,35(37)29(20-21-38(4)5)23-27-16-10-12-18-31(27)35)34(36)24-28(22-26-14-8-7-9-15-26)30-17-11-13-19-32(30)34/h10-13,16-19,23-24,26,38H,7-9,14-15,20-22,25H2,1-6H3. The van der Waals surface area contributed by atoms with Crippen molar-refractivity contribution in [2.75, 3.05) is 0 Å². The number of alkyl halides is 2. The largest absolute Gasteiger partial charge is 0.120 e. The third kappa shape index (κ3) is 5.22. The van der Waals surface area contributed by atoms with E-state index in [1.807, 2.05) is 0 Å². The molecule has 0 bridgehead atoms. The van der Waals surface area contributed by atoms with E-state index in [0.717, 1.165) is 24.8 Å². The first-order valence-electron chi connectivity index (χ1n) is 15.4. The predicted octanol–water partition coefficient (Wildman–Crippen LogP) is 11.1. The van der Waals surface area contributed by atoms with Gasteiger partial charge in [-0.2, -0.15) is 0 Å². The molecule has 0 heterocycles. The monoisotopic (exact) mass is 594 g/mol. The van der Waals surface area contributed by atoms with Crippen molar-refractivity contribution >= 4 is 51.7 Å². The van der Waals surface area contributed by atoms with Gasteiger partial charge >= 0.3 is 0 Å². The van der Waals surface area contributed by atoms with E-state index in [4.69, 9.17) is 23.2 Å². The molecule has 4 heteroatoms. The Kier molecular flexibility index (Phi) is 8.28. The van der Waals surface area contributed by atoms with Crippen molar-refractivity contribution in [2.45, 2.75) is 106 Å². The van der Waals surface area contributed by atoms with Gasteiger partial charge in [-0.15, -0.1) is 23.2 Å². The summed E-state index contributed by atoms with van der Waals surface area (Å²) in [5, 5.41) is 0. The van der Waals surface area contributed by atoms with Crippen molar-refractivity contribution in [1.29, 1.82) is 0 Å². The van der Waals surface area contributed by atoms with Gasteiger partial charge in [-0.25, -0.2) is 0 Å². The molecule has 2 aromatic carbocycles. The quantitative estimate of drug-likeness (QED) is 0.210. The molecule has 0 saturated heterocycles. The molecule has 0 aromatic heterocycles. The Bertz CT molecular complexity index is 1270. The van der Waals surface area contributed by atoms with Crippen molar-refractivity contribution in [3.63, 3.8) is 0 Å². The average Bonchev–Trinajstić information content (AvgIpc) is 3.35. The Morgan fingerprint density at radius 1 is 0.923 bits per heavy atom. The zero-order chi connectivity index (χ0) is 28.1. The molecule has 3 atom stereocenters. The Hall–Kier alpha value is -1.07. The van der Waals surface area contributed by atoms with Gasteiger partial charge in [0, 0.05) is 8.80 Å². The van der Waals surface area contributed by atoms with Crippen molar-refractivity contribution in [3.05, 3.63) is 82.4 Å². The molecule has 3 aliphatic rings. The minimum atomic E-state index is -2.61. The Balaban J connectivity index is 1.70. The van der Waals surface area contributed by atoms with Crippen molar-refractivity contribution in [3.8, 4) is 0 Å². The van der Waals surface area contributed by atoms with Crippen LogP contribution in [0.1, 0.15) is 88.0 Å². The van der Waals surface area contributed by atoms with Gasteiger partial charge in [0.05, 0.1) is 8.99 Å². The average molecular weight is 596 g/mol. The van der Waals surface area contributed by atoms with Crippen LogP contribution in [0.5, 0.6) is 0 Å². The topological polar surface area (TPSA) is 0 Å². The zero-order valence-corrected chi connectivity index (χ0v) is 28.7. The first kappa shape index (κ1) is 29.4. The van der Waals surface area contributed by atoms with E-state index in [0.29, 0.717) is 0 Å². The molecule has 3 aliphatic carbocycles. The zero-order valence-electron chi connectivity index (χ0n) is 25.0. The summed E-state index contributed by atoms with van der Waals surface area (Å²) in [5.41, 5.74) is 8.32. The van der Waals surface area contributed by atoms with Crippen LogP contribution in [0, 0.1) is 11.3 Å². The van der Waals surface area contributed by atoms with Gasteiger partial charge < -0.3 is 0 Å². The molecule has 5 rings (SSSR count). The summed E-state index contributed by atoms with van der Waals surface area (Å²) in [6.07, 6.45) is 14.1. The fourth-order valence-corrected chi connectivity index (χ4v) is 17.2. The molecule has 3 unspecified atom stereocenters. The van der Waals surface area contributed by atoms with E-state index in [9.17, 15) is 0 Å². The van der Waals surface area contributed by atoms with Gasteiger partial charge in [-0.1, -0.05) is 139 Å². The SMILES string of the molecule is C[SiH](C)CCC1=Cc2ccccc2C1(Cl)[Si](C)(CC(C)(C)C)C1(Cl)C=C(CC2CCCCC2)c2ccccc21. The summed E-state index contributed by atoms with van der Waals surface area (Å²) in [6, 6.07) is 20.3. The Morgan fingerprint density at radius 2 is 1.56 bits per heavy atom. The Morgan fingerprint density at radius 3 is 2.23 bits per heavy atom. The van der Waals surface area contributed by atoms with Crippen molar-refractivity contribution in [1.82, 2.24) is 0 Å². The number of halogens is 2. The molecule has 0 aliphatic heterocycles. The van der Waals surface area contributed by atoms with Crippen molar-refractivity contribution in [2.24, 2.45) is 11.3 Å². The van der Waals surface area contributed by atoms with E-state index in [1.165, 1.54) is 71.5 Å². The molecule has 0 N–H and O–H groups in total. The molecule has 210 valence electrons. The fraction of sp³-hybridized carbons (Fsp3) is 0.543. The van der Waals surface area contributed by atoms with Crippen molar-refractivity contribution < 1.29 is 0 Å². The van der Waals surface area contributed by atoms with Crippen LogP contribution < -0.4 is 0 Å². The molecule has 0 nitrogen and oxygen atoms in total. The molecule has 0 radical (unpaired) electrons. The van der Waals surface area contributed by atoms with E-state index in [-0.39, 0.29) is 5.41 Å². The number of benzene rings is 2. The Labute approximate surface area is 250 Å². The first-order chi connectivity index (χ1) is 18.4. The van der Waals surface area contributed by atoms with Crippen LogP contribution in [-0.4, -0.2) is 16.9 Å². The van der Waals surface area contributed by atoms with Crippen LogP contribution in [0.4, 0.5) is 0 Å². The molecule has 1 saturated carbocycles. The summed E-state index contributed by atoms with van der Waals surface area (Å²) < 4.78 is -1.10.